The van der Waals surface area contributed by atoms with E-state index in [0.717, 1.165) is 19.3 Å². The molecule has 9 heavy (non-hydrogen) atoms. The summed E-state index contributed by atoms with van der Waals surface area (Å²) in [6.07, 6.45) is 4.96. The maximum atomic E-state index is 11.0. The SMILES string of the molecule is CS(=O)C1(CCN)CC1. The molecule has 2 nitrogen and oxygen atoms in total. The van der Waals surface area contributed by atoms with Gasteiger partial charge in [0.05, 0.1) is 0 Å². The first-order valence-corrected chi connectivity index (χ1v) is 4.81. The average molecular weight is 147 g/mol. The zero-order valence-electron chi connectivity index (χ0n) is 5.72. The van der Waals surface area contributed by atoms with Gasteiger partial charge in [-0.25, -0.2) is 0 Å². The third kappa shape index (κ3) is 1.33. The van der Waals surface area contributed by atoms with Gasteiger partial charge in [-0.1, -0.05) is 0 Å². The molecule has 0 aliphatic heterocycles. The molecule has 0 radical (unpaired) electrons. The molecular formula is C6H13NOS. The van der Waals surface area contributed by atoms with Crippen LogP contribution in [0.4, 0.5) is 0 Å². The number of nitrogens with two attached hydrogens (primary N) is 1. The summed E-state index contributed by atoms with van der Waals surface area (Å²) in [5, 5.41) is 0. The average Bonchev–Trinajstić information content (AvgIpc) is 2.49. The highest BCUT2D eigenvalue weighted by Gasteiger charge is 2.45. The van der Waals surface area contributed by atoms with Gasteiger partial charge >= 0.3 is 0 Å². The summed E-state index contributed by atoms with van der Waals surface area (Å²) in [5.74, 6) is 0. The van der Waals surface area contributed by atoms with Gasteiger partial charge in [-0.15, -0.1) is 0 Å². The minimum atomic E-state index is -0.645. The zero-order chi connectivity index (χ0) is 6.91. The van der Waals surface area contributed by atoms with Crippen LogP contribution in [0.2, 0.25) is 0 Å². The Morgan fingerprint density at radius 2 is 2.22 bits per heavy atom. The fraction of sp³-hybridized carbons (Fsp3) is 1.00. The van der Waals surface area contributed by atoms with Crippen molar-refractivity contribution in [3.05, 3.63) is 0 Å². The highest BCUT2D eigenvalue weighted by Crippen LogP contribution is 2.43. The van der Waals surface area contributed by atoms with E-state index in [9.17, 15) is 4.21 Å². The van der Waals surface area contributed by atoms with Crippen LogP contribution in [0.1, 0.15) is 19.3 Å². The quantitative estimate of drug-likeness (QED) is 0.621. The van der Waals surface area contributed by atoms with Crippen LogP contribution in [-0.2, 0) is 10.8 Å². The molecule has 0 saturated heterocycles. The topological polar surface area (TPSA) is 43.1 Å². The van der Waals surface area contributed by atoms with E-state index in [1.165, 1.54) is 0 Å². The van der Waals surface area contributed by atoms with Crippen molar-refractivity contribution in [3.63, 3.8) is 0 Å². The summed E-state index contributed by atoms with van der Waals surface area (Å²) in [5.41, 5.74) is 5.36. The monoisotopic (exact) mass is 147 g/mol. The lowest BCUT2D eigenvalue weighted by atomic mass is 10.3. The fourth-order valence-corrected chi connectivity index (χ4v) is 2.17. The number of hydrogen-bond acceptors (Lipinski definition) is 2. The van der Waals surface area contributed by atoms with Gasteiger partial charge in [-0.2, -0.15) is 0 Å². The minimum absolute atomic E-state index is 0.148. The molecule has 0 spiro atoms. The Morgan fingerprint density at radius 3 is 2.33 bits per heavy atom. The number of hydrogen-bond donors (Lipinski definition) is 1. The summed E-state index contributed by atoms with van der Waals surface area (Å²) in [6, 6.07) is 0. The molecule has 3 heteroatoms. The van der Waals surface area contributed by atoms with E-state index < -0.39 is 10.8 Å². The van der Waals surface area contributed by atoms with Gasteiger partial charge in [-0.3, -0.25) is 4.21 Å². The maximum Gasteiger partial charge on any atom is 0.0469 e. The van der Waals surface area contributed by atoms with Crippen LogP contribution < -0.4 is 5.73 Å². The molecule has 0 heterocycles. The van der Waals surface area contributed by atoms with E-state index in [1.54, 1.807) is 6.26 Å². The fourth-order valence-electron chi connectivity index (χ4n) is 1.08. The molecule has 54 valence electrons. The lowest BCUT2D eigenvalue weighted by Gasteiger charge is -2.07. The predicted octanol–water partition coefficient (Wildman–Crippen LogP) is 0.246. The van der Waals surface area contributed by atoms with Crippen LogP contribution in [-0.4, -0.2) is 21.8 Å². The first-order chi connectivity index (χ1) is 4.21. The number of rotatable bonds is 3. The van der Waals surface area contributed by atoms with Gasteiger partial charge in [-0.05, 0) is 25.8 Å². The molecule has 1 rings (SSSR count). The van der Waals surface area contributed by atoms with Gasteiger partial charge in [0.25, 0.3) is 0 Å². The Morgan fingerprint density at radius 1 is 1.67 bits per heavy atom. The summed E-state index contributed by atoms with van der Waals surface area (Å²) in [7, 11) is -0.645. The maximum absolute atomic E-state index is 11.0. The molecule has 1 fully saturated rings. The van der Waals surface area contributed by atoms with E-state index in [1.807, 2.05) is 0 Å². The van der Waals surface area contributed by atoms with Crippen molar-refractivity contribution in [3.8, 4) is 0 Å². The lowest BCUT2D eigenvalue weighted by Crippen LogP contribution is -2.19. The third-order valence-corrected chi connectivity index (χ3v) is 3.85. The van der Waals surface area contributed by atoms with Crippen molar-refractivity contribution in [2.75, 3.05) is 12.8 Å². The summed E-state index contributed by atoms with van der Waals surface area (Å²) < 4.78 is 11.1. The lowest BCUT2D eigenvalue weighted by molar-refractivity contribution is 0.660. The molecule has 0 aromatic heterocycles. The van der Waals surface area contributed by atoms with Crippen LogP contribution in [0.15, 0.2) is 0 Å². The molecule has 0 amide bonds. The van der Waals surface area contributed by atoms with Gasteiger partial charge in [0.2, 0.25) is 0 Å². The van der Waals surface area contributed by atoms with Crippen LogP contribution >= 0.6 is 0 Å². The van der Waals surface area contributed by atoms with Crippen molar-refractivity contribution in [2.24, 2.45) is 5.73 Å². The van der Waals surface area contributed by atoms with Crippen molar-refractivity contribution < 1.29 is 4.21 Å². The normalized spacial score (nSPS) is 25.6. The van der Waals surface area contributed by atoms with E-state index in [-0.39, 0.29) is 4.75 Å². The molecular weight excluding hydrogens is 134 g/mol. The predicted molar refractivity (Wildman–Crippen MR) is 39.7 cm³/mol. The van der Waals surface area contributed by atoms with Crippen LogP contribution in [0.25, 0.3) is 0 Å². The Kier molecular flexibility index (Phi) is 1.91. The highest BCUT2D eigenvalue weighted by molar-refractivity contribution is 7.86. The second-order valence-corrected chi connectivity index (χ2v) is 4.45. The Labute approximate surface area is 58.3 Å². The van der Waals surface area contributed by atoms with Crippen LogP contribution in [0.5, 0.6) is 0 Å². The first-order valence-electron chi connectivity index (χ1n) is 3.25. The largest absolute Gasteiger partial charge is 0.330 e. The van der Waals surface area contributed by atoms with Gasteiger partial charge in [0, 0.05) is 21.8 Å². The minimum Gasteiger partial charge on any atom is -0.330 e. The van der Waals surface area contributed by atoms with E-state index >= 15 is 0 Å². The second-order valence-electron chi connectivity index (χ2n) is 2.68. The zero-order valence-corrected chi connectivity index (χ0v) is 6.54. The third-order valence-electron chi connectivity index (χ3n) is 2.02. The van der Waals surface area contributed by atoms with Crippen molar-refractivity contribution in [1.29, 1.82) is 0 Å². The van der Waals surface area contributed by atoms with Crippen molar-refractivity contribution in [1.82, 2.24) is 0 Å². The van der Waals surface area contributed by atoms with Crippen LogP contribution in [0.3, 0.4) is 0 Å². The molecule has 2 N–H and O–H groups in total. The molecule has 0 bridgehead atoms. The molecule has 1 unspecified atom stereocenters. The van der Waals surface area contributed by atoms with Gasteiger partial charge in [0.1, 0.15) is 0 Å². The molecule has 0 aromatic carbocycles. The Bertz CT molecular complexity index is 131. The standard InChI is InChI=1S/C6H13NOS/c1-9(8)6(2-3-6)4-5-7/h2-5,7H2,1H3. The Balaban J connectivity index is 2.43. The molecule has 0 aromatic rings. The smallest absolute Gasteiger partial charge is 0.0469 e. The van der Waals surface area contributed by atoms with Crippen molar-refractivity contribution >= 4 is 10.8 Å². The summed E-state index contributed by atoms with van der Waals surface area (Å²) in [6.45, 7) is 0.680. The summed E-state index contributed by atoms with van der Waals surface area (Å²) in [4.78, 5) is 0. The second kappa shape index (κ2) is 2.39. The molecule has 1 saturated carbocycles. The van der Waals surface area contributed by atoms with E-state index in [4.69, 9.17) is 5.73 Å². The molecule has 1 aliphatic rings. The Hall–Kier alpha value is 0.110. The molecule has 1 atom stereocenters. The van der Waals surface area contributed by atoms with E-state index in [2.05, 4.69) is 0 Å². The first kappa shape index (κ1) is 7.22. The molecule has 1 aliphatic carbocycles. The summed E-state index contributed by atoms with van der Waals surface area (Å²) >= 11 is 0. The van der Waals surface area contributed by atoms with Gasteiger partial charge < -0.3 is 5.73 Å². The van der Waals surface area contributed by atoms with Gasteiger partial charge in [0.15, 0.2) is 0 Å². The highest BCUT2D eigenvalue weighted by atomic mass is 32.2. The van der Waals surface area contributed by atoms with Crippen molar-refractivity contribution in [2.45, 2.75) is 24.0 Å². The van der Waals surface area contributed by atoms with Crippen LogP contribution in [0, 0.1) is 0 Å². The van der Waals surface area contributed by atoms with E-state index in [0.29, 0.717) is 6.54 Å².